The minimum absolute atomic E-state index is 0.121. The van der Waals surface area contributed by atoms with Crippen LogP contribution >= 0.6 is 11.3 Å². The molecule has 0 unspecified atom stereocenters. The van der Waals surface area contributed by atoms with Gasteiger partial charge in [-0.25, -0.2) is 13.4 Å². The highest BCUT2D eigenvalue weighted by molar-refractivity contribution is 7.89. The van der Waals surface area contributed by atoms with Gasteiger partial charge >= 0.3 is 0 Å². The van der Waals surface area contributed by atoms with Gasteiger partial charge in [-0.3, -0.25) is 14.7 Å². The monoisotopic (exact) mass is 582 g/mol. The number of hydrogen-bond acceptors (Lipinski definition) is 9. The Bertz CT molecular complexity index is 1540. The lowest BCUT2D eigenvalue weighted by Gasteiger charge is -2.33. The molecule has 210 valence electrons. The number of hydrogen-bond donors (Lipinski definition) is 0. The molecule has 0 saturated carbocycles. The van der Waals surface area contributed by atoms with E-state index < -0.39 is 10.0 Å². The SMILES string of the molecule is COc1ccc(S(=O)(=O)N2CCC(C(=O)N(Cc3ccccn3)c3nc4c(OC)ccc(OC)c4s3)CC2)cc1. The Morgan fingerprint density at radius 2 is 1.68 bits per heavy atom. The number of nitrogens with zero attached hydrogens (tertiary/aromatic N) is 4. The first kappa shape index (κ1) is 27.8. The maximum atomic E-state index is 14.0. The highest BCUT2D eigenvalue weighted by Crippen LogP contribution is 2.41. The normalized spacial score (nSPS) is 14.7. The Kier molecular flexibility index (Phi) is 8.19. The van der Waals surface area contributed by atoms with E-state index in [4.69, 9.17) is 19.2 Å². The fourth-order valence-electron chi connectivity index (χ4n) is 4.74. The Hall–Kier alpha value is -3.74. The second-order valence-electron chi connectivity index (χ2n) is 9.24. The van der Waals surface area contributed by atoms with E-state index in [1.165, 1.54) is 34.9 Å². The lowest BCUT2D eigenvalue weighted by atomic mass is 9.96. The zero-order chi connectivity index (χ0) is 28.3. The van der Waals surface area contributed by atoms with E-state index in [9.17, 15) is 13.2 Å². The van der Waals surface area contributed by atoms with Gasteiger partial charge in [-0.15, -0.1) is 0 Å². The number of carbonyl (C=O) groups excluding carboxylic acids is 1. The second kappa shape index (κ2) is 11.8. The van der Waals surface area contributed by atoms with E-state index in [1.54, 1.807) is 43.5 Å². The van der Waals surface area contributed by atoms with Crippen molar-refractivity contribution in [1.82, 2.24) is 14.3 Å². The number of pyridine rings is 1. The largest absolute Gasteiger partial charge is 0.497 e. The number of amides is 1. The molecule has 0 radical (unpaired) electrons. The average molecular weight is 583 g/mol. The van der Waals surface area contributed by atoms with Crippen molar-refractivity contribution < 1.29 is 27.4 Å². The molecule has 4 aromatic rings. The van der Waals surface area contributed by atoms with E-state index in [0.717, 1.165) is 4.70 Å². The van der Waals surface area contributed by atoms with Crippen molar-refractivity contribution in [2.45, 2.75) is 24.3 Å². The van der Waals surface area contributed by atoms with Crippen molar-refractivity contribution >= 4 is 42.6 Å². The molecule has 0 spiro atoms. The summed E-state index contributed by atoms with van der Waals surface area (Å²) in [7, 11) is 1.01. The third-order valence-corrected chi connectivity index (χ3v) is 9.95. The number of sulfonamides is 1. The van der Waals surface area contributed by atoms with Gasteiger partial charge in [0, 0.05) is 25.2 Å². The van der Waals surface area contributed by atoms with Crippen LogP contribution in [0.4, 0.5) is 5.13 Å². The van der Waals surface area contributed by atoms with Crippen LogP contribution in [0, 0.1) is 5.92 Å². The highest BCUT2D eigenvalue weighted by Gasteiger charge is 2.35. The second-order valence-corrected chi connectivity index (χ2v) is 12.2. The van der Waals surface area contributed by atoms with Crippen molar-refractivity contribution in [2.24, 2.45) is 5.92 Å². The molecule has 3 heterocycles. The summed E-state index contributed by atoms with van der Waals surface area (Å²) >= 11 is 1.35. The predicted molar refractivity (Wildman–Crippen MR) is 153 cm³/mol. The Morgan fingerprint density at radius 1 is 0.975 bits per heavy atom. The van der Waals surface area contributed by atoms with Crippen LogP contribution in [0.1, 0.15) is 18.5 Å². The van der Waals surface area contributed by atoms with E-state index in [-0.39, 0.29) is 36.4 Å². The Morgan fingerprint density at radius 3 is 2.30 bits per heavy atom. The minimum Gasteiger partial charge on any atom is -0.497 e. The fourth-order valence-corrected chi connectivity index (χ4v) is 7.29. The van der Waals surface area contributed by atoms with Crippen LogP contribution in [-0.2, 0) is 21.4 Å². The van der Waals surface area contributed by atoms with Gasteiger partial charge in [-0.1, -0.05) is 17.4 Å². The third-order valence-electron chi connectivity index (χ3n) is 6.94. The molecule has 1 fully saturated rings. The molecule has 1 saturated heterocycles. The van der Waals surface area contributed by atoms with Crippen molar-refractivity contribution in [3.8, 4) is 17.2 Å². The lowest BCUT2D eigenvalue weighted by Crippen LogP contribution is -2.44. The fraction of sp³-hybridized carbons (Fsp3) is 0.321. The molecule has 10 nitrogen and oxygen atoms in total. The van der Waals surface area contributed by atoms with E-state index in [1.807, 2.05) is 24.3 Å². The van der Waals surface area contributed by atoms with Crippen LogP contribution in [0.5, 0.6) is 17.2 Å². The standard InChI is InChI=1S/C28H30N4O6S2/c1-36-21-7-9-22(10-8-21)40(34,35)31-16-13-19(14-17-31)27(33)32(18-20-6-4-5-15-29-20)28-30-25-23(37-2)11-12-24(38-3)26(25)39-28/h4-12,15,19H,13-14,16-18H2,1-3H3. The summed E-state index contributed by atoms with van der Waals surface area (Å²) in [5, 5.41) is 0.502. The number of anilines is 1. The summed E-state index contributed by atoms with van der Waals surface area (Å²) in [6, 6.07) is 15.5. The van der Waals surface area contributed by atoms with Gasteiger partial charge in [0.05, 0.1) is 38.5 Å². The van der Waals surface area contributed by atoms with Crippen LogP contribution in [0.3, 0.4) is 0 Å². The Balaban J connectivity index is 1.40. The molecule has 1 aliphatic rings. The van der Waals surface area contributed by atoms with Gasteiger partial charge < -0.3 is 14.2 Å². The number of rotatable bonds is 9. The number of methoxy groups -OCH3 is 3. The first-order valence-electron chi connectivity index (χ1n) is 12.7. The first-order chi connectivity index (χ1) is 19.3. The molecule has 0 bridgehead atoms. The predicted octanol–water partition coefficient (Wildman–Crippen LogP) is 4.35. The molecular formula is C28H30N4O6S2. The van der Waals surface area contributed by atoms with E-state index in [2.05, 4.69) is 4.98 Å². The number of piperidine rings is 1. The smallest absolute Gasteiger partial charge is 0.243 e. The maximum absolute atomic E-state index is 14.0. The van der Waals surface area contributed by atoms with Crippen LogP contribution in [0.25, 0.3) is 10.2 Å². The molecule has 5 rings (SSSR count). The number of thiazole rings is 1. The quantitative estimate of drug-likeness (QED) is 0.286. The zero-order valence-corrected chi connectivity index (χ0v) is 24.1. The number of fused-ring (bicyclic) bond motifs is 1. The number of ether oxygens (including phenoxy) is 3. The first-order valence-corrected chi connectivity index (χ1v) is 15.0. The van der Waals surface area contributed by atoms with Crippen molar-refractivity contribution in [1.29, 1.82) is 0 Å². The molecule has 2 aromatic carbocycles. The van der Waals surface area contributed by atoms with Gasteiger partial charge in [0.2, 0.25) is 15.9 Å². The molecule has 0 N–H and O–H groups in total. The molecule has 1 aliphatic heterocycles. The number of carbonyl (C=O) groups is 1. The lowest BCUT2D eigenvalue weighted by molar-refractivity contribution is -0.123. The Labute approximate surface area is 237 Å². The number of benzene rings is 2. The summed E-state index contributed by atoms with van der Waals surface area (Å²) in [4.78, 5) is 25.1. The molecule has 1 amide bonds. The van der Waals surface area contributed by atoms with E-state index >= 15 is 0 Å². The molecular weight excluding hydrogens is 552 g/mol. The van der Waals surface area contributed by atoms with Crippen LogP contribution in [-0.4, -0.2) is 63.0 Å². The molecule has 12 heteroatoms. The molecule has 0 atom stereocenters. The van der Waals surface area contributed by atoms with Gasteiger partial charge in [0.25, 0.3) is 0 Å². The molecule has 0 aliphatic carbocycles. The summed E-state index contributed by atoms with van der Waals surface area (Å²) in [6.45, 7) is 0.710. The summed E-state index contributed by atoms with van der Waals surface area (Å²) in [5.41, 5.74) is 1.33. The van der Waals surface area contributed by atoms with Gasteiger partial charge in [-0.2, -0.15) is 4.31 Å². The van der Waals surface area contributed by atoms with Crippen LogP contribution in [0.2, 0.25) is 0 Å². The minimum atomic E-state index is -3.69. The number of aromatic nitrogens is 2. The molecule has 40 heavy (non-hydrogen) atoms. The van der Waals surface area contributed by atoms with Crippen LogP contribution < -0.4 is 19.1 Å². The van der Waals surface area contributed by atoms with Gasteiger partial charge in [-0.05, 0) is 61.4 Å². The van der Waals surface area contributed by atoms with Crippen LogP contribution in [0.15, 0.2) is 65.7 Å². The molecule has 2 aromatic heterocycles. The summed E-state index contributed by atoms with van der Waals surface area (Å²) in [5.74, 6) is 1.31. The topological polar surface area (TPSA) is 111 Å². The summed E-state index contributed by atoms with van der Waals surface area (Å²) in [6.07, 6.45) is 2.47. The van der Waals surface area contributed by atoms with Crippen molar-refractivity contribution in [3.05, 3.63) is 66.5 Å². The van der Waals surface area contributed by atoms with E-state index in [0.29, 0.717) is 46.4 Å². The summed E-state index contributed by atoms with van der Waals surface area (Å²) < 4.78 is 44.9. The average Bonchev–Trinajstić information content (AvgIpc) is 3.45. The van der Waals surface area contributed by atoms with Crippen molar-refractivity contribution in [3.63, 3.8) is 0 Å². The zero-order valence-electron chi connectivity index (χ0n) is 22.4. The highest BCUT2D eigenvalue weighted by atomic mass is 32.2. The maximum Gasteiger partial charge on any atom is 0.243 e. The third kappa shape index (κ3) is 5.47. The van der Waals surface area contributed by atoms with Gasteiger partial charge in [0.1, 0.15) is 27.5 Å². The van der Waals surface area contributed by atoms with Crippen molar-refractivity contribution in [2.75, 3.05) is 39.3 Å². The van der Waals surface area contributed by atoms with Gasteiger partial charge in [0.15, 0.2) is 5.13 Å².